The SMILES string of the molecule is O[C@@H](COCc1ccc(Cl)cc1)CN1CCC(c2nc3ccccc3s2)CC1. The largest absolute Gasteiger partial charge is 0.389 e. The van der Waals surface area contributed by atoms with Gasteiger partial charge in [0, 0.05) is 17.5 Å². The van der Waals surface area contributed by atoms with Gasteiger partial charge in [0.25, 0.3) is 0 Å². The topological polar surface area (TPSA) is 45.6 Å². The summed E-state index contributed by atoms with van der Waals surface area (Å²) in [6, 6.07) is 16.0. The van der Waals surface area contributed by atoms with Crippen LogP contribution in [0.5, 0.6) is 0 Å². The molecule has 1 aliphatic rings. The van der Waals surface area contributed by atoms with Crippen LogP contribution in [0, 0.1) is 0 Å². The average Bonchev–Trinajstić information content (AvgIpc) is 3.14. The number of thiazole rings is 1. The Balaban J connectivity index is 1.20. The minimum atomic E-state index is -0.466. The van der Waals surface area contributed by atoms with Crippen molar-refractivity contribution in [2.45, 2.75) is 31.5 Å². The van der Waals surface area contributed by atoms with Crippen LogP contribution in [0.1, 0.15) is 29.3 Å². The predicted octanol–water partition coefficient (Wildman–Crippen LogP) is 4.71. The van der Waals surface area contributed by atoms with E-state index in [-0.39, 0.29) is 0 Å². The van der Waals surface area contributed by atoms with Crippen molar-refractivity contribution in [2.75, 3.05) is 26.2 Å². The zero-order valence-electron chi connectivity index (χ0n) is 15.8. The number of aliphatic hydroxyl groups is 1. The minimum absolute atomic E-state index is 0.348. The second-order valence-electron chi connectivity index (χ2n) is 7.39. The summed E-state index contributed by atoms with van der Waals surface area (Å²) in [7, 11) is 0. The van der Waals surface area contributed by atoms with Crippen LogP contribution in [0.4, 0.5) is 0 Å². The van der Waals surface area contributed by atoms with Crippen molar-refractivity contribution in [3.63, 3.8) is 0 Å². The highest BCUT2D eigenvalue weighted by atomic mass is 35.5. The molecule has 0 amide bonds. The standard InChI is InChI=1S/C22H25ClN2O2S/c23-18-7-5-16(6-8-18)14-27-15-19(26)13-25-11-9-17(10-12-25)22-24-20-3-1-2-4-21(20)28-22/h1-8,17,19,26H,9-15H2/t19-/m1/s1. The first-order valence-corrected chi connectivity index (χ1v) is 10.9. The van der Waals surface area contributed by atoms with E-state index in [0.717, 1.165) is 42.0 Å². The third-order valence-electron chi connectivity index (χ3n) is 5.21. The number of aliphatic hydroxyl groups excluding tert-OH is 1. The first kappa shape index (κ1) is 19.8. The zero-order valence-corrected chi connectivity index (χ0v) is 17.3. The maximum Gasteiger partial charge on any atom is 0.0970 e. The molecular formula is C22H25ClN2O2S. The zero-order chi connectivity index (χ0) is 19.3. The summed E-state index contributed by atoms with van der Waals surface area (Å²) in [6.45, 7) is 3.49. The number of aromatic nitrogens is 1. The molecule has 0 aliphatic carbocycles. The molecule has 1 fully saturated rings. The molecule has 3 aromatic rings. The molecule has 148 valence electrons. The van der Waals surface area contributed by atoms with Crippen LogP contribution in [0.3, 0.4) is 0 Å². The summed E-state index contributed by atoms with van der Waals surface area (Å²) in [4.78, 5) is 7.15. The Morgan fingerprint density at radius 3 is 2.64 bits per heavy atom. The number of likely N-dealkylation sites (tertiary alicyclic amines) is 1. The van der Waals surface area contributed by atoms with Crippen LogP contribution < -0.4 is 0 Å². The fourth-order valence-corrected chi connectivity index (χ4v) is 4.93. The van der Waals surface area contributed by atoms with Gasteiger partial charge in [-0.25, -0.2) is 4.98 Å². The fourth-order valence-electron chi connectivity index (χ4n) is 3.67. The summed E-state index contributed by atoms with van der Waals surface area (Å²) in [5.74, 6) is 0.534. The molecule has 6 heteroatoms. The smallest absolute Gasteiger partial charge is 0.0970 e. The van der Waals surface area contributed by atoms with E-state index < -0.39 is 6.10 Å². The second kappa shape index (κ2) is 9.33. The Labute approximate surface area is 174 Å². The minimum Gasteiger partial charge on any atom is -0.389 e. The molecule has 0 bridgehead atoms. The predicted molar refractivity (Wildman–Crippen MR) is 115 cm³/mol. The van der Waals surface area contributed by atoms with Gasteiger partial charge in [-0.05, 0) is 55.8 Å². The van der Waals surface area contributed by atoms with Gasteiger partial charge in [-0.1, -0.05) is 35.9 Å². The Hall–Kier alpha value is -1.50. The molecule has 4 rings (SSSR count). The van der Waals surface area contributed by atoms with Crippen molar-refractivity contribution in [1.29, 1.82) is 0 Å². The lowest BCUT2D eigenvalue weighted by Crippen LogP contribution is -2.39. The van der Waals surface area contributed by atoms with E-state index >= 15 is 0 Å². The van der Waals surface area contributed by atoms with E-state index in [2.05, 4.69) is 23.1 Å². The number of rotatable bonds is 7. The van der Waals surface area contributed by atoms with Gasteiger partial charge in [0.15, 0.2) is 0 Å². The van der Waals surface area contributed by atoms with Gasteiger partial charge in [0.05, 0.1) is 34.5 Å². The number of fused-ring (bicyclic) bond motifs is 1. The van der Waals surface area contributed by atoms with Crippen molar-refractivity contribution in [3.8, 4) is 0 Å². The number of ether oxygens (including phenoxy) is 1. The van der Waals surface area contributed by atoms with E-state index in [0.29, 0.717) is 25.7 Å². The summed E-state index contributed by atoms with van der Waals surface area (Å²) in [5, 5.41) is 12.3. The highest BCUT2D eigenvalue weighted by molar-refractivity contribution is 7.18. The number of hydrogen-bond acceptors (Lipinski definition) is 5. The Morgan fingerprint density at radius 1 is 1.14 bits per heavy atom. The van der Waals surface area contributed by atoms with Crippen LogP contribution in [-0.4, -0.2) is 47.3 Å². The molecular weight excluding hydrogens is 392 g/mol. The first-order valence-electron chi connectivity index (χ1n) is 9.75. The maximum atomic E-state index is 10.3. The highest BCUT2D eigenvalue weighted by Gasteiger charge is 2.24. The molecule has 1 N–H and O–H groups in total. The Bertz CT molecular complexity index is 858. The number of piperidine rings is 1. The second-order valence-corrected chi connectivity index (χ2v) is 8.89. The summed E-state index contributed by atoms with van der Waals surface area (Å²) in [5.41, 5.74) is 2.17. The fraction of sp³-hybridized carbons (Fsp3) is 0.409. The number of β-amino-alcohol motifs (C(OH)–C–C–N with tert-alkyl or cyclic N) is 1. The first-order chi connectivity index (χ1) is 13.7. The van der Waals surface area contributed by atoms with Gasteiger partial charge in [0.1, 0.15) is 0 Å². The molecule has 0 unspecified atom stereocenters. The van der Waals surface area contributed by atoms with Crippen molar-refractivity contribution in [3.05, 3.63) is 64.1 Å². The van der Waals surface area contributed by atoms with E-state index in [1.807, 2.05) is 41.7 Å². The van der Waals surface area contributed by atoms with Crippen LogP contribution in [0.25, 0.3) is 10.2 Å². The lowest BCUT2D eigenvalue weighted by atomic mass is 9.97. The molecule has 2 heterocycles. The monoisotopic (exact) mass is 416 g/mol. The summed E-state index contributed by atoms with van der Waals surface area (Å²) < 4.78 is 6.93. The quantitative estimate of drug-likeness (QED) is 0.606. The van der Waals surface area contributed by atoms with Gasteiger partial charge < -0.3 is 14.7 Å². The summed E-state index contributed by atoms with van der Waals surface area (Å²) in [6.07, 6.45) is 1.72. The maximum absolute atomic E-state index is 10.3. The van der Waals surface area contributed by atoms with Gasteiger partial charge in [-0.15, -0.1) is 11.3 Å². The molecule has 28 heavy (non-hydrogen) atoms. The molecule has 0 saturated carbocycles. The molecule has 0 spiro atoms. The third-order valence-corrected chi connectivity index (χ3v) is 6.66. The third kappa shape index (κ3) is 5.10. The van der Waals surface area contributed by atoms with E-state index in [1.54, 1.807) is 0 Å². The van der Waals surface area contributed by atoms with Crippen molar-refractivity contribution in [2.24, 2.45) is 0 Å². The van der Waals surface area contributed by atoms with E-state index in [1.165, 1.54) is 9.71 Å². The number of nitrogens with zero attached hydrogens (tertiary/aromatic N) is 2. The molecule has 4 nitrogen and oxygen atoms in total. The van der Waals surface area contributed by atoms with E-state index in [9.17, 15) is 5.11 Å². The van der Waals surface area contributed by atoms with Crippen LogP contribution in [0.15, 0.2) is 48.5 Å². The lowest BCUT2D eigenvalue weighted by Gasteiger charge is -2.32. The molecule has 0 radical (unpaired) electrons. The van der Waals surface area contributed by atoms with Crippen molar-refractivity contribution < 1.29 is 9.84 Å². The molecule has 1 aromatic heterocycles. The van der Waals surface area contributed by atoms with Gasteiger partial charge in [-0.3, -0.25) is 0 Å². The molecule has 1 saturated heterocycles. The molecule has 2 aromatic carbocycles. The van der Waals surface area contributed by atoms with Crippen LogP contribution in [-0.2, 0) is 11.3 Å². The number of halogens is 1. The Morgan fingerprint density at radius 2 is 1.89 bits per heavy atom. The number of para-hydroxylation sites is 1. The van der Waals surface area contributed by atoms with Crippen LogP contribution >= 0.6 is 22.9 Å². The van der Waals surface area contributed by atoms with Gasteiger partial charge in [0.2, 0.25) is 0 Å². The van der Waals surface area contributed by atoms with Crippen molar-refractivity contribution >= 4 is 33.2 Å². The Kier molecular flexibility index (Phi) is 6.60. The molecule has 1 atom stereocenters. The average molecular weight is 417 g/mol. The van der Waals surface area contributed by atoms with Crippen molar-refractivity contribution in [1.82, 2.24) is 9.88 Å². The van der Waals surface area contributed by atoms with Gasteiger partial charge >= 0.3 is 0 Å². The highest BCUT2D eigenvalue weighted by Crippen LogP contribution is 2.33. The lowest BCUT2D eigenvalue weighted by molar-refractivity contribution is 0.00622. The summed E-state index contributed by atoms with van der Waals surface area (Å²) >= 11 is 7.71. The number of hydrogen-bond donors (Lipinski definition) is 1. The van der Waals surface area contributed by atoms with Gasteiger partial charge in [-0.2, -0.15) is 0 Å². The van der Waals surface area contributed by atoms with Crippen LogP contribution in [0.2, 0.25) is 5.02 Å². The molecule has 1 aliphatic heterocycles. The van der Waals surface area contributed by atoms with E-state index in [4.69, 9.17) is 21.3 Å². The normalized spacial score (nSPS) is 17.2. The number of benzene rings is 2.